The van der Waals surface area contributed by atoms with Crippen molar-refractivity contribution < 1.29 is 32.4 Å². The smallest absolute Gasteiger partial charge is 0.312 e. The molecular formula is C18H17F4N5O4. The number of rotatable bonds is 6. The summed E-state index contributed by atoms with van der Waals surface area (Å²) in [6.07, 6.45) is -7.92. The van der Waals surface area contributed by atoms with Crippen molar-refractivity contribution in [3.8, 4) is 0 Å². The van der Waals surface area contributed by atoms with Crippen LogP contribution >= 0.6 is 0 Å². The van der Waals surface area contributed by atoms with Gasteiger partial charge in [0.1, 0.15) is 17.1 Å². The molecule has 0 fully saturated rings. The van der Waals surface area contributed by atoms with Gasteiger partial charge in [0.15, 0.2) is 0 Å². The maximum atomic E-state index is 13.4. The number of nitro groups is 1. The summed E-state index contributed by atoms with van der Waals surface area (Å²) >= 11 is 0. The monoisotopic (exact) mass is 443 g/mol. The Morgan fingerprint density at radius 1 is 1.32 bits per heavy atom. The largest absolute Gasteiger partial charge is 0.364 e. The highest BCUT2D eigenvalue weighted by molar-refractivity contribution is 5.99. The number of aryl methyl sites for hydroxylation is 1. The molecule has 0 spiro atoms. The van der Waals surface area contributed by atoms with E-state index in [2.05, 4.69) is 10.2 Å². The fourth-order valence-electron chi connectivity index (χ4n) is 3.31. The lowest BCUT2D eigenvalue weighted by molar-refractivity contribution is -0.386. The van der Waals surface area contributed by atoms with Crippen LogP contribution in [-0.2, 0) is 6.54 Å². The number of halogens is 4. The molecule has 0 saturated carbocycles. The molecule has 166 valence electrons. The van der Waals surface area contributed by atoms with Crippen molar-refractivity contribution in [3.63, 3.8) is 0 Å². The SMILES string of the molecule is Cc1nn(Cc2cccc(C(=O)N3N=C(C(F)F)C[C@]3(O)C(F)F)c2)c(C)c1[N+](=O)[O-]. The van der Waals surface area contributed by atoms with E-state index >= 15 is 0 Å². The fraction of sp³-hybridized carbons (Fsp3) is 0.389. The number of aliphatic hydroxyl groups is 1. The van der Waals surface area contributed by atoms with Crippen LogP contribution in [0.25, 0.3) is 0 Å². The van der Waals surface area contributed by atoms with Crippen LogP contribution in [0.2, 0.25) is 0 Å². The summed E-state index contributed by atoms with van der Waals surface area (Å²) in [4.78, 5) is 23.3. The van der Waals surface area contributed by atoms with Crippen molar-refractivity contribution in [1.82, 2.24) is 14.8 Å². The van der Waals surface area contributed by atoms with Gasteiger partial charge in [-0.15, -0.1) is 0 Å². The number of aromatic nitrogens is 2. The molecule has 2 aromatic rings. The first-order valence-corrected chi connectivity index (χ1v) is 8.93. The first-order valence-electron chi connectivity index (χ1n) is 8.93. The van der Waals surface area contributed by atoms with Crippen LogP contribution in [0.4, 0.5) is 23.2 Å². The molecule has 13 heteroatoms. The number of amides is 1. The molecule has 2 heterocycles. The molecule has 1 atom stereocenters. The topological polar surface area (TPSA) is 114 Å². The zero-order valence-corrected chi connectivity index (χ0v) is 16.3. The van der Waals surface area contributed by atoms with Gasteiger partial charge in [-0.1, -0.05) is 12.1 Å². The summed E-state index contributed by atoms with van der Waals surface area (Å²) in [6, 6.07) is 5.51. The van der Waals surface area contributed by atoms with Gasteiger partial charge in [-0.3, -0.25) is 19.6 Å². The number of carbonyl (C=O) groups is 1. The zero-order valence-electron chi connectivity index (χ0n) is 16.3. The molecule has 1 aliphatic rings. The molecular weight excluding hydrogens is 426 g/mol. The Labute approximate surface area is 172 Å². The lowest BCUT2D eigenvalue weighted by Crippen LogP contribution is -2.51. The Hall–Kier alpha value is -3.35. The summed E-state index contributed by atoms with van der Waals surface area (Å²) in [6.45, 7) is 2.99. The maximum Gasteiger partial charge on any atom is 0.312 e. The third-order valence-electron chi connectivity index (χ3n) is 4.86. The predicted octanol–water partition coefficient (Wildman–Crippen LogP) is 2.88. The molecule has 1 amide bonds. The molecule has 1 aromatic carbocycles. The fourth-order valence-corrected chi connectivity index (χ4v) is 3.31. The Morgan fingerprint density at radius 2 is 2.00 bits per heavy atom. The summed E-state index contributed by atoms with van der Waals surface area (Å²) in [7, 11) is 0. The van der Waals surface area contributed by atoms with Crippen molar-refractivity contribution in [2.45, 2.75) is 45.4 Å². The van der Waals surface area contributed by atoms with Crippen molar-refractivity contribution in [1.29, 1.82) is 0 Å². The van der Waals surface area contributed by atoms with Gasteiger partial charge in [0.25, 0.3) is 18.8 Å². The summed E-state index contributed by atoms with van der Waals surface area (Å²) in [5.74, 6) is -1.19. The maximum absolute atomic E-state index is 13.4. The molecule has 0 saturated heterocycles. The highest BCUT2D eigenvalue weighted by Crippen LogP contribution is 2.34. The number of carbonyl (C=O) groups excluding carboxylic acids is 1. The van der Waals surface area contributed by atoms with Gasteiger partial charge in [-0.2, -0.15) is 15.2 Å². The van der Waals surface area contributed by atoms with E-state index < -0.39 is 41.5 Å². The number of benzene rings is 1. The Bertz CT molecular complexity index is 1070. The van der Waals surface area contributed by atoms with Gasteiger partial charge in [-0.05, 0) is 31.5 Å². The summed E-state index contributed by atoms with van der Waals surface area (Å²) in [5.41, 5.74) is -3.65. The van der Waals surface area contributed by atoms with Gasteiger partial charge in [-0.25, -0.2) is 17.6 Å². The highest BCUT2D eigenvalue weighted by Gasteiger charge is 2.53. The third kappa shape index (κ3) is 4.00. The second-order valence-electron chi connectivity index (χ2n) is 7.00. The standard InChI is InChI=1S/C18H17F4N5O4/c1-9-14(27(30)31)10(2)25(23-9)8-11-4-3-5-12(6-11)16(28)26-18(29,17(21)22)7-13(24-26)15(19)20/h3-6,15,17,29H,7-8H2,1-2H3/t18-/m0/s1. The number of alkyl halides is 4. The van der Waals surface area contributed by atoms with Crippen molar-refractivity contribution in [2.24, 2.45) is 5.10 Å². The van der Waals surface area contributed by atoms with Crippen molar-refractivity contribution in [3.05, 3.63) is 56.9 Å². The molecule has 3 rings (SSSR count). The average Bonchev–Trinajstić information content (AvgIpc) is 3.19. The quantitative estimate of drug-likeness (QED) is 0.419. The van der Waals surface area contributed by atoms with Crippen LogP contribution in [-0.4, -0.2) is 55.0 Å². The van der Waals surface area contributed by atoms with Crippen LogP contribution < -0.4 is 0 Å². The van der Waals surface area contributed by atoms with Crippen molar-refractivity contribution in [2.75, 3.05) is 0 Å². The van der Waals surface area contributed by atoms with E-state index in [9.17, 15) is 37.6 Å². The third-order valence-corrected chi connectivity index (χ3v) is 4.86. The molecule has 1 N–H and O–H groups in total. The first kappa shape index (κ1) is 22.3. The van der Waals surface area contributed by atoms with Gasteiger partial charge in [0.2, 0.25) is 5.72 Å². The molecule has 31 heavy (non-hydrogen) atoms. The molecule has 1 aliphatic heterocycles. The highest BCUT2D eigenvalue weighted by atomic mass is 19.3. The minimum Gasteiger partial charge on any atom is -0.364 e. The van der Waals surface area contributed by atoms with Crippen LogP contribution in [0, 0.1) is 24.0 Å². The van der Waals surface area contributed by atoms with Gasteiger partial charge in [0, 0.05) is 12.0 Å². The zero-order chi connectivity index (χ0) is 23.1. The minimum atomic E-state index is -3.53. The molecule has 0 aliphatic carbocycles. The molecule has 1 aromatic heterocycles. The van der Waals surface area contributed by atoms with Crippen LogP contribution in [0.5, 0.6) is 0 Å². The first-order chi connectivity index (χ1) is 14.5. The Morgan fingerprint density at radius 3 is 2.55 bits per heavy atom. The summed E-state index contributed by atoms with van der Waals surface area (Å²) in [5, 5.41) is 28.6. The van der Waals surface area contributed by atoms with Crippen molar-refractivity contribution >= 4 is 17.3 Å². The van der Waals surface area contributed by atoms with Gasteiger partial charge < -0.3 is 5.11 Å². The van der Waals surface area contributed by atoms with Crippen LogP contribution in [0.15, 0.2) is 29.4 Å². The molecule has 0 radical (unpaired) electrons. The lowest BCUT2D eigenvalue weighted by Gasteiger charge is -2.30. The van der Waals surface area contributed by atoms with Gasteiger partial charge in [0.05, 0.1) is 11.5 Å². The van der Waals surface area contributed by atoms with E-state index in [1.165, 1.54) is 36.7 Å². The van der Waals surface area contributed by atoms with E-state index in [0.717, 1.165) is 0 Å². The van der Waals surface area contributed by atoms with E-state index in [-0.39, 0.29) is 34.2 Å². The number of hydrogen-bond acceptors (Lipinski definition) is 6. The number of nitrogens with zero attached hydrogens (tertiary/aromatic N) is 5. The van der Waals surface area contributed by atoms with Gasteiger partial charge >= 0.3 is 5.69 Å². The van der Waals surface area contributed by atoms with E-state index in [1.807, 2.05) is 0 Å². The second kappa shape index (κ2) is 8.06. The van der Waals surface area contributed by atoms with E-state index in [4.69, 9.17) is 0 Å². The minimum absolute atomic E-state index is 0.0201. The number of hydrazone groups is 1. The second-order valence-corrected chi connectivity index (χ2v) is 7.00. The molecule has 9 nitrogen and oxygen atoms in total. The lowest BCUT2D eigenvalue weighted by atomic mass is 10.1. The number of hydrogen-bond donors (Lipinski definition) is 1. The predicted molar refractivity (Wildman–Crippen MR) is 99.1 cm³/mol. The molecule has 0 bridgehead atoms. The van der Waals surface area contributed by atoms with Crippen LogP contribution in [0.1, 0.15) is 33.7 Å². The van der Waals surface area contributed by atoms with E-state index in [1.54, 1.807) is 6.07 Å². The van der Waals surface area contributed by atoms with E-state index in [0.29, 0.717) is 5.56 Å². The van der Waals surface area contributed by atoms with Crippen LogP contribution in [0.3, 0.4) is 0 Å². The molecule has 0 unspecified atom stereocenters. The summed E-state index contributed by atoms with van der Waals surface area (Å²) < 4.78 is 54.0. The Balaban J connectivity index is 1.92. The normalized spacial score (nSPS) is 18.7. The Kier molecular flexibility index (Phi) is 5.81. The average molecular weight is 443 g/mol.